The third-order valence-electron chi connectivity index (χ3n) is 2.55. The van der Waals surface area contributed by atoms with Crippen LogP contribution in [0.15, 0.2) is 27.6 Å². The average Bonchev–Trinajstić information content (AvgIpc) is 2.41. The van der Waals surface area contributed by atoms with Crippen molar-refractivity contribution in [1.82, 2.24) is 4.31 Å². The van der Waals surface area contributed by atoms with Gasteiger partial charge in [0, 0.05) is 26.6 Å². The number of rotatable bonds is 7. The van der Waals surface area contributed by atoms with Gasteiger partial charge in [0.2, 0.25) is 10.0 Å². The number of nitriles is 1. The molecule has 0 radical (unpaired) electrons. The third kappa shape index (κ3) is 4.24. The topological polar surface area (TPSA) is 70.4 Å². The van der Waals surface area contributed by atoms with Gasteiger partial charge in [-0.2, -0.15) is 9.57 Å². The summed E-state index contributed by atoms with van der Waals surface area (Å²) < 4.78 is 44.4. The minimum absolute atomic E-state index is 0.0415. The maximum absolute atomic E-state index is 13.5. The molecule has 0 spiro atoms. The monoisotopic (exact) mass is 364 g/mol. The molecule has 0 amide bonds. The summed E-state index contributed by atoms with van der Waals surface area (Å²) in [6.45, 7) is 0.349. The van der Waals surface area contributed by atoms with E-state index in [2.05, 4.69) is 15.9 Å². The minimum atomic E-state index is -3.84. The van der Waals surface area contributed by atoms with Crippen molar-refractivity contribution < 1.29 is 17.5 Å². The molecule has 0 aromatic heterocycles. The lowest BCUT2D eigenvalue weighted by Gasteiger charge is -2.20. The molecule has 0 fully saturated rings. The molecule has 1 rings (SSSR count). The van der Waals surface area contributed by atoms with E-state index in [9.17, 15) is 12.8 Å². The van der Waals surface area contributed by atoms with E-state index in [0.29, 0.717) is 0 Å². The molecule has 110 valence electrons. The second kappa shape index (κ2) is 7.69. The first-order valence-corrected chi connectivity index (χ1v) is 7.98. The van der Waals surface area contributed by atoms with E-state index in [0.717, 1.165) is 10.4 Å². The van der Waals surface area contributed by atoms with Gasteiger partial charge in [-0.05, 0) is 34.1 Å². The van der Waals surface area contributed by atoms with Crippen molar-refractivity contribution in [3.8, 4) is 6.07 Å². The zero-order valence-corrected chi connectivity index (χ0v) is 13.2. The fourth-order valence-electron chi connectivity index (χ4n) is 1.51. The smallest absolute Gasteiger partial charge is 0.243 e. The van der Waals surface area contributed by atoms with Gasteiger partial charge in [0.25, 0.3) is 0 Å². The molecule has 0 N–H and O–H groups in total. The zero-order valence-electron chi connectivity index (χ0n) is 10.8. The number of halogens is 2. The minimum Gasteiger partial charge on any atom is -0.383 e. The number of sulfonamides is 1. The van der Waals surface area contributed by atoms with E-state index in [1.54, 1.807) is 0 Å². The van der Waals surface area contributed by atoms with Crippen LogP contribution in [0.4, 0.5) is 4.39 Å². The Morgan fingerprint density at radius 1 is 1.45 bits per heavy atom. The highest BCUT2D eigenvalue weighted by Gasteiger charge is 2.24. The fraction of sp³-hybridized carbons (Fsp3) is 0.417. The normalized spacial score (nSPS) is 11.6. The van der Waals surface area contributed by atoms with Crippen LogP contribution in [-0.4, -0.2) is 39.5 Å². The van der Waals surface area contributed by atoms with E-state index < -0.39 is 15.8 Å². The van der Waals surface area contributed by atoms with Crippen LogP contribution >= 0.6 is 15.9 Å². The van der Waals surface area contributed by atoms with Crippen LogP contribution in [0.5, 0.6) is 0 Å². The van der Waals surface area contributed by atoms with Gasteiger partial charge in [0.1, 0.15) is 5.82 Å². The predicted molar refractivity (Wildman–Crippen MR) is 75.0 cm³/mol. The van der Waals surface area contributed by atoms with Crippen molar-refractivity contribution >= 4 is 26.0 Å². The van der Waals surface area contributed by atoms with Crippen molar-refractivity contribution in [2.75, 3.05) is 26.8 Å². The van der Waals surface area contributed by atoms with Gasteiger partial charge in [-0.15, -0.1) is 0 Å². The van der Waals surface area contributed by atoms with Gasteiger partial charge in [-0.25, -0.2) is 12.8 Å². The number of hydrogen-bond acceptors (Lipinski definition) is 4. The Hall–Kier alpha value is -1.01. The van der Waals surface area contributed by atoms with Crippen LogP contribution in [0.25, 0.3) is 0 Å². The number of methoxy groups -OCH3 is 1. The Kier molecular flexibility index (Phi) is 6.55. The van der Waals surface area contributed by atoms with Crippen LogP contribution in [-0.2, 0) is 14.8 Å². The molecule has 1 aromatic rings. The largest absolute Gasteiger partial charge is 0.383 e. The quantitative estimate of drug-likeness (QED) is 0.742. The SMILES string of the molecule is COCCN(CCC#N)S(=O)(=O)c1ccc(Br)c(F)c1. The number of ether oxygens (including phenoxy) is 1. The summed E-state index contributed by atoms with van der Waals surface area (Å²) in [4.78, 5) is -0.146. The molecule has 0 unspecified atom stereocenters. The molecule has 0 heterocycles. The highest BCUT2D eigenvalue weighted by molar-refractivity contribution is 9.10. The van der Waals surface area contributed by atoms with Crippen LogP contribution in [0, 0.1) is 17.1 Å². The molecule has 0 aliphatic rings. The molecular formula is C12H14BrFN2O3S. The molecule has 0 aliphatic heterocycles. The number of hydrogen-bond donors (Lipinski definition) is 0. The summed E-state index contributed by atoms with van der Waals surface area (Å²) >= 11 is 2.97. The molecule has 0 atom stereocenters. The summed E-state index contributed by atoms with van der Waals surface area (Å²) in [5.41, 5.74) is 0. The first kappa shape index (κ1) is 17.0. The summed E-state index contributed by atoms with van der Waals surface area (Å²) in [6.07, 6.45) is 0.0575. The maximum Gasteiger partial charge on any atom is 0.243 e. The second-order valence-corrected chi connectivity index (χ2v) is 6.67. The van der Waals surface area contributed by atoms with Crippen LogP contribution < -0.4 is 0 Å². The van der Waals surface area contributed by atoms with Gasteiger partial charge in [-0.1, -0.05) is 0 Å². The van der Waals surface area contributed by atoms with E-state index in [4.69, 9.17) is 10.00 Å². The summed E-state index contributed by atoms with van der Waals surface area (Å²) in [5, 5.41) is 8.59. The molecule has 20 heavy (non-hydrogen) atoms. The Morgan fingerprint density at radius 2 is 2.15 bits per heavy atom. The number of benzene rings is 1. The van der Waals surface area contributed by atoms with Gasteiger partial charge >= 0.3 is 0 Å². The zero-order chi connectivity index (χ0) is 15.2. The Bertz CT molecular complexity index is 601. The third-order valence-corrected chi connectivity index (χ3v) is 5.08. The van der Waals surface area contributed by atoms with Crippen LogP contribution in [0.3, 0.4) is 0 Å². The van der Waals surface area contributed by atoms with Crippen molar-refractivity contribution in [3.63, 3.8) is 0 Å². The molecule has 0 aliphatic carbocycles. The van der Waals surface area contributed by atoms with E-state index in [-0.39, 0.29) is 35.5 Å². The van der Waals surface area contributed by atoms with Crippen molar-refractivity contribution in [1.29, 1.82) is 5.26 Å². The lowest BCUT2D eigenvalue weighted by Crippen LogP contribution is -2.34. The van der Waals surface area contributed by atoms with Crippen molar-refractivity contribution in [2.45, 2.75) is 11.3 Å². The molecule has 0 bridgehead atoms. The van der Waals surface area contributed by atoms with Gasteiger partial charge in [0.15, 0.2) is 0 Å². The first-order chi connectivity index (χ1) is 9.43. The summed E-state index contributed by atoms with van der Waals surface area (Å²) in [7, 11) is -2.39. The molecule has 0 saturated carbocycles. The van der Waals surface area contributed by atoms with Gasteiger partial charge < -0.3 is 4.74 Å². The molecule has 0 saturated heterocycles. The van der Waals surface area contributed by atoms with Crippen molar-refractivity contribution in [3.05, 3.63) is 28.5 Å². The maximum atomic E-state index is 13.5. The molecule has 8 heteroatoms. The lowest BCUT2D eigenvalue weighted by atomic mass is 10.3. The van der Waals surface area contributed by atoms with Crippen molar-refractivity contribution in [2.24, 2.45) is 0 Å². The molecule has 5 nitrogen and oxygen atoms in total. The Balaban J connectivity index is 3.07. The van der Waals surface area contributed by atoms with Gasteiger partial charge in [-0.3, -0.25) is 0 Å². The Morgan fingerprint density at radius 3 is 2.70 bits per heavy atom. The number of nitrogens with zero attached hydrogens (tertiary/aromatic N) is 2. The Labute approximate surface area is 126 Å². The predicted octanol–water partition coefficient (Wildman–Crippen LogP) is 2.14. The molecule has 1 aromatic carbocycles. The van der Waals surface area contributed by atoms with E-state index in [1.807, 2.05) is 6.07 Å². The lowest BCUT2D eigenvalue weighted by molar-refractivity contribution is 0.179. The average molecular weight is 365 g/mol. The highest BCUT2D eigenvalue weighted by atomic mass is 79.9. The summed E-state index contributed by atoms with van der Waals surface area (Å²) in [6, 6.07) is 5.49. The fourth-order valence-corrected chi connectivity index (χ4v) is 3.19. The van der Waals surface area contributed by atoms with Crippen LogP contribution in [0.2, 0.25) is 0 Å². The van der Waals surface area contributed by atoms with E-state index in [1.165, 1.54) is 19.2 Å². The second-order valence-electron chi connectivity index (χ2n) is 3.88. The standard InChI is InChI=1S/C12H14BrFN2O3S/c1-19-8-7-16(6-2-5-15)20(17,18)10-3-4-11(13)12(14)9-10/h3-4,9H,2,6-8H2,1H3. The van der Waals surface area contributed by atoms with E-state index >= 15 is 0 Å². The molecular weight excluding hydrogens is 351 g/mol. The van der Waals surface area contributed by atoms with Gasteiger partial charge in [0.05, 0.1) is 22.0 Å². The first-order valence-electron chi connectivity index (χ1n) is 5.74. The summed E-state index contributed by atoms with van der Waals surface area (Å²) in [5.74, 6) is -0.655. The highest BCUT2D eigenvalue weighted by Crippen LogP contribution is 2.22. The van der Waals surface area contributed by atoms with Crippen LogP contribution in [0.1, 0.15) is 6.42 Å².